The molecule has 0 radical (unpaired) electrons. The van der Waals surface area contributed by atoms with E-state index in [2.05, 4.69) is 4.98 Å². The maximum Gasteiger partial charge on any atom is 0.265 e. The van der Waals surface area contributed by atoms with Crippen LogP contribution < -0.4 is 0 Å². The predicted molar refractivity (Wildman–Crippen MR) is 67.7 cm³/mol. The normalized spacial score (nSPS) is 11.8. The van der Waals surface area contributed by atoms with Gasteiger partial charge in [-0.2, -0.15) is 0 Å². The number of hydrogen-bond donors (Lipinski definition) is 0. The molecule has 0 saturated heterocycles. The van der Waals surface area contributed by atoms with Gasteiger partial charge in [-0.15, -0.1) is 0 Å². The van der Waals surface area contributed by atoms with Crippen molar-refractivity contribution in [2.75, 3.05) is 6.26 Å². The minimum atomic E-state index is -3.30. The topological polar surface area (TPSA) is 47.0 Å². The molecule has 3 nitrogen and oxygen atoms in total. The summed E-state index contributed by atoms with van der Waals surface area (Å²) in [6.45, 7) is 0. The van der Waals surface area contributed by atoms with Crippen molar-refractivity contribution < 1.29 is 17.2 Å². The largest absolute Gasteiger partial charge is 0.265 e. The first-order valence-electron chi connectivity index (χ1n) is 5.42. The Morgan fingerprint density at radius 1 is 1.16 bits per heavy atom. The molecule has 19 heavy (non-hydrogen) atoms. The first kappa shape index (κ1) is 13.6. The van der Waals surface area contributed by atoms with Crippen molar-refractivity contribution in [2.45, 2.75) is 11.3 Å². The molecule has 2 rings (SSSR count). The summed E-state index contributed by atoms with van der Waals surface area (Å²) in [5, 5.41) is 0. The second-order valence-electron chi connectivity index (χ2n) is 4.08. The molecule has 0 atom stereocenters. The Bertz CT molecular complexity index is 682. The molecule has 0 unspecified atom stereocenters. The Hall–Kier alpha value is -1.82. The molecule has 0 spiro atoms. The van der Waals surface area contributed by atoms with Gasteiger partial charge < -0.3 is 0 Å². The van der Waals surface area contributed by atoms with Crippen LogP contribution in [0.15, 0.2) is 47.5 Å². The Morgan fingerprint density at radius 2 is 1.89 bits per heavy atom. The van der Waals surface area contributed by atoms with E-state index in [9.17, 15) is 17.2 Å². The van der Waals surface area contributed by atoms with Crippen LogP contribution in [0.5, 0.6) is 0 Å². The fourth-order valence-electron chi connectivity index (χ4n) is 1.59. The van der Waals surface area contributed by atoms with Crippen LogP contribution in [0.3, 0.4) is 0 Å². The maximum atomic E-state index is 12.4. The van der Waals surface area contributed by atoms with Gasteiger partial charge in [0.1, 0.15) is 0 Å². The van der Waals surface area contributed by atoms with E-state index in [1.807, 2.05) is 0 Å². The number of sulfone groups is 1. The number of aromatic nitrogens is 1. The van der Waals surface area contributed by atoms with Crippen LogP contribution in [0.4, 0.5) is 8.78 Å². The molecule has 6 heteroatoms. The van der Waals surface area contributed by atoms with Gasteiger partial charge in [0.15, 0.2) is 9.84 Å². The Labute approximate surface area is 109 Å². The highest BCUT2D eigenvalue weighted by molar-refractivity contribution is 7.90. The van der Waals surface area contributed by atoms with Gasteiger partial charge >= 0.3 is 0 Å². The number of halogens is 2. The van der Waals surface area contributed by atoms with Crippen LogP contribution in [-0.4, -0.2) is 19.7 Å². The van der Waals surface area contributed by atoms with Crippen molar-refractivity contribution in [3.05, 3.63) is 48.2 Å². The Morgan fingerprint density at radius 3 is 2.42 bits per heavy atom. The van der Waals surface area contributed by atoms with Crippen molar-refractivity contribution in [1.82, 2.24) is 4.98 Å². The standard InChI is InChI=1S/C13H11F2NO2S/c1-19(17,18)11-4-2-3-9(7-11)12-6-5-10(8-16-12)13(14)15/h2-8,13H,1H3. The van der Waals surface area contributed by atoms with Crippen molar-refractivity contribution in [3.8, 4) is 11.3 Å². The van der Waals surface area contributed by atoms with Gasteiger partial charge in [-0.1, -0.05) is 12.1 Å². The second kappa shape index (κ2) is 5.05. The zero-order chi connectivity index (χ0) is 14.0. The van der Waals surface area contributed by atoms with E-state index in [-0.39, 0.29) is 10.5 Å². The lowest BCUT2D eigenvalue weighted by molar-refractivity contribution is 0.151. The molecule has 0 bridgehead atoms. The highest BCUT2D eigenvalue weighted by Gasteiger charge is 2.10. The number of benzene rings is 1. The molecule has 1 aromatic carbocycles. The van der Waals surface area contributed by atoms with Crippen LogP contribution in [0.2, 0.25) is 0 Å². The second-order valence-corrected chi connectivity index (χ2v) is 6.09. The van der Waals surface area contributed by atoms with Crippen molar-refractivity contribution in [3.63, 3.8) is 0 Å². The van der Waals surface area contributed by atoms with Crippen LogP contribution in [-0.2, 0) is 9.84 Å². The summed E-state index contributed by atoms with van der Waals surface area (Å²) in [7, 11) is -3.30. The smallest absolute Gasteiger partial charge is 0.256 e. The highest BCUT2D eigenvalue weighted by atomic mass is 32.2. The van der Waals surface area contributed by atoms with Gasteiger partial charge in [-0.05, 0) is 24.3 Å². The summed E-state index contributed by atoms with van der Waals surface area (Å²) < 4.78 is 47.7. The quantitative estimate of drug-likeness (QED) is 0.869. The average molecular weight is 283 g/mol. The molecular formula is C13H11F2NO2S. The number of pyridine rings is 1. The van der Waals surface area contributed by atoms with Gasteiger partial charge in [0.25, 0.3) is 6.43 Å². The molecule has 0 fully saturated rings. The molecule has 0 aliphatic heterocycles. The van der Waals surface area contributed by atoms with Gasteiger partial charge in [0, 0.05) is 23.6 Å². The minimum absolute atomic E-state index is 0.164. The zero-order valence-electron chi connectivity index (χ0n) is 10.0. The Kier molecular flexibility index (Phi) is 3.61. The average Bonchev–Trinajstić information content (AvgIpc) is 2.38. The maximum absolute atomic E-state index is 12.4. The molecule has 1 heterocycles. The first-order valence-corrected chi connectivity index (χ1v) is 7.31. The van der Waals surface area contributed by atoms with Crippen molar-refractivity contribution in [1.29, 1.82) is 0 Å². The van der Waals surface area contributed by atoms with Crippen molar-refractivity contribution >= 4 is 9.84 Å². The van der Waals surface area contributed by atoms with Crippen LogP contribution in [0.25, 0.3) is 11.3 Å². The Balaban J connectivity index is 2.42. The highest BCUT2D eigenvalue weighted by Crippen LogP contribution is 2.23. The van der Waals surface area contributed by atoms with Crippen LogP contribution in [0.1, 0.15) is 12.0 Å². The van der Waals surface area contributed by atoms with E-state index in [0.29, 0.717) is 11.3 Å². The summed E-state index contributed by atoms with van der Waals surface area (Å²) in [5.74, 6) is 0. The van der Waals surface area contributed by atoms with Crippen LogP contribution in [0, 0.1) is 0 Å². The lowest BCUT2D eigenvalue weighted by Crippen LogP contribution is -1.97. The lowest BCUT2D eigenvalue weighted by Gasteiger charge is -2.05. The molecule has 0 N–H and O–H groups in total. The molecular weight excluding hydrogens is 272 g/mol. The molecule has 0 amide bonds. The summed E-state index contributed by atoms with van der Waals surface area (Å²) in [6.07, 6.45) is -0.365. The SMILES string of the molecule is CS(=O)(=O)c1cccc(-c2ccc(C(F)F)cn2)c1. The molecule has 100 valence electrons. The third-order valence-corrected chi connectivity index (χ3v) is 3.71. The van der Waals surface area contributed by atoms with Gasteiger partial charge in [0.2, 0.25) is 0 Å². The van der Waals surface area contributed by atoms with E-state index < -0.39 is 16.3 Å². The fraction of sp³-hybridized carbons (Fsp3) is 0.154. The van der Waals surface area contributed by atoms with Gasteiger partial charge in [0.05, 0.1) is 10.6 Å². The molecule has 1 aromatic heterocycles. The molecule has 2 aromatic rings. The first-order chi connectivity index (χ1) is 8.88. The van der Waals surface area contributed by atoms with Gasteiger partial charge in [-0.3, -0.25) is 4.98 Å². The van der Waals surface area contributed by atoms with Crippen LogP contribution >= 0.6 is 0 Å². The molecule has 0 aliphatic carbocycles. The number of hydrogen-bond acceptors (Lipinski definition) is 3. The fourth-order valence-corrected chi connectivity index (χ4v) is 2.26. The van der Waals surface area contributed by atoms with Gasteiger partial charge in [-0.25, -0.2) is 17.2 Å². The number of alkyl halides is 2. The summed E-state index contributed by atoms with van der Waals surface area (Å²) in [5.41, 5.74) is 0.863. The third-order valence-electron chi connectivity index (χ3n) is 2.60. The summed E-state index contributed by atoms with van der Waals surface area (Å²) in [6, 6.07) is 8.95. The number of rotatable bonds is 3. The predicted octanol–water partition coefficient (Wildman–Crippen LogP) is 3.09. The van der Waals surface area contributed by atoms with E-state index in [1.54, 1.807) is 12.1 Å². The summed E-state index contributed by atoms with van der Waals surface area (Å²) >= 11 is 0. The monoisotopic (exact) mass is 283 g/mol. The zero-order valence-corrected chi connectivity index (χ0v) is 10.9. The third kappa shape index (κ3) is 3.14. The van der Waals surface area contributed by atoms with E-state index in [0.717, 1.165) is 12.5 Å². The minimum Gasteiger partial charge on any atom is -0.256 e. The van der Waals surface area contributed by atoms with Crippen molar-refractivity contribution in [2.24, 2.45) is 0 Å². The summed E-state index contributed by atoms with van der Waals surface area (Å²) in [4.78, 5) is 4.09. The van der Waals surface area contributed by atoms with E-state index in [4.69, 9.17) is 0 Å². The van der Waals surface area contributed by atoms with E-state index >= 15 is 0 Å². The molecule has 0 saturated carbocycles. The lowest BCUT2D eigenvalue weighted by atomic mass is 10.1. The number of nitrogens with zero attached hydrogens (tertiary/aromatic N) is 1. The molecule has 0 aliphatic rings. The van der Waals surface area contributed by atoms with E-state index in [1.165, 1.54) is 24.3 Å².